The smallest absolute Gasteiger partial charge is 0.0723 e. The zero-order chi connectivity index (χ0) is 10.8. The molecule has 0 radical (unpaired) electrons. The fourth-order valence-electron chi connectivity index (χ4n) is 1.70. The summed E-state index contributed by atoms with van der Waals surface area (Å²) >= 11 is 0. The van der Waals surface area contributed by atoms with Gasteiger partial charge in [0.1, 0.15) is 0 Å². The van der Waals surface area contributed by atoms with Crippen molar-refractivity contribution in [2.75, 3.05) is 0 Å². The van der Waals surface area contributed by atoms with Crippen LogP contribution in [-0.4, -0.2) is 9.97 Å². The van der Waals surface area contributed by atoms with E-state index in [1.807, 2.05) is 38.4 Å². The number of pyridine rings is 2. The third-order valence-electron chi connectivity index (χ3n) is 2.52. The number of hydrogen-bond donors (Lipinski definition) is 0. The standard InChI is InChI=1S/C13H14N2/c1-9-4-5-12(15-8-9)13-10(2)6-7-14-11(13)3/h4-8H,1-3H3. The highest BCUT2D eigenvalue weighted by Gasteiger charge is 2.06. The fraction of sp³-hybridized carbons (Fsp3) is 0.231. The van der Waals surface area contributed by atoms with E-state index >= 15 is 0 Å². The van der Waals surface area contributed by atoms with Crippen molar-refractivity contribution < 1.29 is 0 Å². The Hall–Kier alpha value is -1.70. The first kappa shape index (κ1) is 9.84. The quantitative estimate of drug-likeness (QED) is 0.703. The van der Waals surface area contributed by atoms with Crippen molar-refractivity contribution in [2.24, 2.45) is 0 Å². The van der Waals surface area contributed by atoms with E-state index in [0.717, 1.165) is 17.0 Å². The Morgan fingerprint density at radius 1 is 0.933 bits per heavy atom. The van der Waals surface area contributed by atoms with Crippen molar-refractivity contribution in [3.8, 4) is 11.3 Å². The van der Waals surface area contributed by atoms with Crippen molar-refractivity contribution in [1.82, 2.24) is 9.97 Å². The summed E-state index contributed by atoms with van der Waals surface area (Å²) in [4.78, 5) is 8.73. The first-order valence-corrected chi connectivity index (χ1v) is 5.03. The van der Waals surface area contributed by atoms with E-state index in [2.05, 4.69) is 23.0 Å². The maximum Gasteiger partial charge on any atom is 0.0723 e. The molecule has 0 saturated carbocycles. The van der Waals surface area contributed by atoms with E-state index in [4.69, 9.17) is 0 Å². The molecule has 2 aromatic heterocycles. The van der Waals surface area contributed by atoms with Crippen LogP contribution in [0.15, 0.2) is 30.6 Å². The summed E-state index contributed by atoms with van der Waals surface area (Å²) in [6.07, 6.45) is 3.73. The van der Waals surface area contributed by atoms with Crippen molar-refractivity contribution in [3.63, 3.8) is 0 Å². The Bertz CT molecular complexity index is 452. The van der Waals surface area contributed by atoms with Gasteiger partial charge in [-0.25, -0.2) is 0 Å². The highest BCUT2D eigenvalue weighted by molar-refractivity contribution is 5.65. The molecular weight excluding hydrogens is 184 g/mol. The molecule has 2 heteroatoms. The van der Waals surface area contributed by atoms with Crippen LogP contribution >= 0.6 is 0 Å². The number of aromatic nitrogens is 2. The molecule has 0 aliphatic carbocycles. The van der Waals surface area contributed by atoms with Gasteiger partial charge in [0.05, 0.1) is 5.69 Å². The summed E-state index contributed by atoms with van der Waals surface area (Å²) in [7, 11) is 0. The molecule has 0 saturated heterocycles. The van der Waals surface area contributed by atoms with E-state index in [1.165, 1.54) is 11.1 Å². The van der Waals surface area contributed by atoms with Gasteiger partial charge in [0.25, 0.3) is 0 Å². The molecule has 0 aromatic carbocycles. The highest BCUT2D eigenvalue weighted by Crippen LogP contribution is 2.23. The molecule has 0 bridgehead atoms. The Labute approximate surface area is 90.0 Å². The molecule has 2 heterocycles. The second-order valence-corrected chi connectivity index (χ2v) is 3.81. The van der Waals surface area contributed by atoms with Gasteiger partial charge >= 0.3 is 0 Å². The van der Waals surface area contributed by atoms with Gasteiger partial charge < -0.3 is 0 Å². The first-order chi connectivity index (χ1) is 7.18. The van der Waals surface area contributed by atoms with E-state index in [0.29, 0.717) is 0 Å². The van der Waals surface area contributed by atoms with E-state index in [9.17, 15) is 0 Å². The third kappa shape index (κ3) is 1.89. The molecule has 0 fully saturated rings. The Morgan fingerprint density at radius 3 is 2.33 bits per heavy atom. The predicted octanol–water partition coefficient (Wildman–Crippen LogP) is 3.07. The summed E-state index contributed by atoms with van der Waals surface area (Å²) in [5.41, 5.74) is 5.59. The minimum atomic E-state index is 1.00. The topological polar surface area (TPSA) is 25.8 Å². The van der Waals surface area contributed by atoms with Gasteiger partial charge in [-0.15, -0.1) is 0 Å². The highest BCUT2D eigenvalue weighted by atomic mass is 14.7. The number of hydrogen-bond acceptors (Lipinski definition) is 2. The molecule has 2 rings (SSSR count). The Morgan fingerprint density at radius 2 is 1.73 bits per heavy atom. The maximum atomic E-state index is 4.43. The summed E-state index contributed by atoms with van der Waals surface area (Å²) in [6.45, 7) is 6.15. The molecule has 2 nitrogen and oxygen atoms in total. The van der Waals surface area contributed by atoms with Gasteiger partial charge in [-0.1, -0.05) is 6.07 Å². The molecule has 0 aliphatic rings. The molecular formula is C13H14N2. The lowest BCUT2D eigenvalue weighted by Gasteiger charge is -2.07. The van der Waals surface area contributed by atoms with E-state index in [-0.39, 0.29) is 0 Å². The molecule has 0 spiro atoms. The largest absolute Gasteiger partial charge is 0.261 e. The summed E-state index contributed by atoms with van der Waals surface area (Å²) < 4.78 is 0. The fourth-order valence-corrected chi connectivity index (χ4v) is 1.70. The van der Waals surface area contributed by atoms with Gasteiger partial charge in [-0.3, -0.25) is 9.97 Å². The van der Waals surface area contributed by atoms with Crippen LogP contribution in [-0.2, 0) is 0 Å². The molecule has 0 amide bonds. The monoisotopic (exact) mass is 198 g/mol. The van der Waals surface area contributed by atoms with Crippen LogP contribution in [0.25, 0.3) is 11.3 Å². The second kappa shape index (κ2) is 3.81. The number of aryl methyl sites for hydroxylation is 3. The van der Waals surface area contributed by atoms with Crippen LogP contribution in [0.1, 0.15) is 16.8 Å². The van der Waals surface area contributed by atoms with Crippen molar-refractivity contribution >= 4 is 0 Å². The van der Waals surface area contributed by atoms with Crippen LogP contribution in [0.4, 0.5) is 0 Å². The lowest BCUT2D eigenvalue weighted by Crippen LogP contribution is -1.93. The molecule has 15 heavy (non-hydrogen) atoms. The average molecular weight is 198 g/mol. The second-order valence-electron chi connectivity index (χ2n) is 3.81. The van der Waals surface area contributed by atoms with Gasteiger partial charge in [0, 0.05) is 23.7 Å². The summed E-state index contributed by atoms with van der Waals surface area (Å²) in [5.74, 6) is 0. The van der Waals surface area contributed by atoms with Gasteiger partial charge in [0.2, 0.25) is 0 Å². The third-order valence-corrected chi connectivity index (χ3v) is 2.52. The Balaban J connectivity index is 2.58. The molecule has 2 aromatic rings. The lowest BCUT2D eigenvalue weighted by molar-refractivity contribution is 1.16. The summed E-state index contributed by atoms with van der Waals surface area (Å²) in [5, 5.41) is 0. The molecule has 0 unspecified atom stereocenters. The van der Waals surface area contributed by atoms with Crippen molar-refractivity contribution in [2.45, 2.75) is 20.8 Å². The van der Waals surface area contributed by atoms with Crippen LogP contribution in [0, 0.1) is 20.8 Å². The average Bonchev–Trinajstić information content (AvgIpc) is 2.20. The van der Waals surface area contributed by atoms with E-state index < -0.39 is 0 Å². The summed E-state index contributed by atoms with van der Waals surface area (Å²) in [6, 6.07) is 6.14. The predicted molar refractivity (Wildman–Crippen MR) is 61.7 cm³/mol. The van der Waals surface area contributed by atoms with Crippen LogP contribution in [0.3, 0.4) is 0 Å². The van der Waals surface area contributed by atoms with Crippen LogP contribution in [0.2, 0.25) is 0 Å². The zero-order valence-electron chi connectivity index (χ0n) is 9.28. The maximum absolute atomic E-state index is 4.43. The minimum Gasteiger partial charge on any atom is -0.261 e. The first-order valence-electron chi connectivity index (χ1n) is 5.03. The van der Waals surface area contributed by atoms with E-state index in [1.54, 1.807) is 0 Å². The van der Waals surface area contributed by atoms with Crippen molar-refractivity contribution in [3.05, 3.63) is 47.4 Å². The number of rotatable bonds is 1. The van der Waals surface area contributed by atoms with Gasteiger partial charge in [-0.2, -0.15) is 0 Å². The van der Waals surface area contributed by atoms with Gasteiger partial charge in [-0.05, 0) is 44.0 Å². The molecule has 76 valence electrons. The minimum absolute atomic E-state index is 1.00. The van der Waals surface area contributed by atoms with Gasteiger partial charge in [0.15, 0.2) is 0 Å². The van der Waals surface area contributed by atoms with Crippen molar-refractivity contribution in [1.29, 1.82) is 0 Å². The Kier molecular flexibility index (Phi) is 2.50. The zero-order valence-corrected chi connectivity index (χ0v) is 9.28. The molecule has 0 N–H and O–H groups in total. The molecule has 0 atom stereocenters. The normalized spacial score (nSPS) is 10.3. The lowest BCUT2D eigenvalue weighted by atomic mass is 10.0. The molecule has 0 aliphatic heterocycles. The van der Waals surface area contributed by atoms with Crippen LogP contribution < -0.4 is 0 Å². The van der Waals surface area contributed by atoms with Crippen LogP contribution in [0.5, 0.6) is 0 Å². The number of nitrogens with zero attached hydrogens (tertiary/aromatic N) is 2. The SMILES string of the molecule is Cc1ccc(-c2c(C)ccnc2C)nc1.